The van der Waals surface area contributed by atoms with Crippen LogP contribution in [0.5, 0.6) is 0 Å². The molecule has 1 aromatic heterocycles. The first-order valence-corrected chi connectivity index (χ1v) is 8.88. The van der Waals surface area contributed by atoms with Gasteiger partial charge in [-0.05, 0) is 12.2 Å². The fraction of sp³-hybridized carbons (Fsp3) is 0.462. The minimum Gasteiger partial charge on any atom is -0.396 e. The molecule has 0 unspecified atom stereocenters. The Morgan fingerprint density at radius 3 is 2.60 bits per heavy atom. The lowest BCUT2D eigenvalue weighted by Gasteiger charge is -2.26. The Balaban J connectivity index is 1.78. The van der Waals surface area contributed by atoms with Gasteiger partial charge in [-0.3, -0.25) is 20.5 Å². The van der Waals surface area contributed by atoms with Crippen molar-refractivity contribution < 1.29 is 9.53 Å². The second-order valence-corrected chi connectivity index (χ2v) is 6.60. The summed E-state index contributed by atoms with van der Waals surface area (Å²) in [7, 11) is 0. The van der Waals surface area contributed by atoms with Gasteiger partial charge in [-0.25, -0.2) is 4.98 Å². The molecule has 25 heavy (non-hydrogen) atoms. The smallest absolute Gasteiger partial charge is 0.289 e. The van der Waals surface area contributed by atoms with E-state index in [-0.39, 0.29) is 31.7 Å². The highest BCUT2D eigenvalue weighted by Gasteiger charge is 2.19. The molecule has 2 rings (SSSR count). The molecular formula is C13H17Cl3N6O2S. The van der Waals surface area contributed by atoms with E-state index in [2.05, 4.69) is 26.1 Å². The third-order valence-corrected chi connectivity index (χ3v) is 4.78. The lowest BCUT2D eigenvalue weighted by molar-refractivity contribution is 0.0389. The molecule has 8 nitrogen and oxygen atoms in total. The van der Waals surface area contributed by atoms with Gasteiger partial charge in [-0.15, -0.1) is 0 Å². The first-order valence-electron chi connectivity index (χ1n) is 7.34. The highest BCUT2D eigenvalue weighted by atomic mass is 35.5. The highest BCUT2D eigenvalue weighted by Crippen LogP contribution is 2.34. The van der Waals surface area contributed by atoms with Gasteiger partial charge in [0.05, 0.1) is 23.9 Å². The van der Waals surface area contributed by atoms with Crippen molar-refractivity contribution in [3.05, 3.63) is 20.9 Å². The highest BCUT2D eigenvalue weighted by molar-refractivity contribution is 7.80. The van der Waals surface area contributed by atoms with E-state index in [1.165, 1.54) is 0 Å². The molecule has 0 spiro atoms. The molecule has 0 aromatic carbocycles. The Hall–Kier alpha value is -1.10. The number of hydrogen-bond acceptors (Lipinski definition) is 6. The molecule has 0 saturated carbocycles. The number of hydrogen-bond donors (Lipinski definition) is 4. The molecule has 0 radical (unpaired) electrons. The average Bonchev–Trinajstić information content (AvgIpc) is 2.62. The minimum atomic E-state index is -0.646. The second-order valence-electron chi connectivity index (χ2n) is 5.08. The number of carbonyl (C=O) groups is 1. The Morgan fingerprint density at radius 1 is 1.24 bits per heavy atom. The molecular weight excluding hydrogens is 411 g/mol. The fourth-order valence-electron chi connectivity index (χ4n) is 2.05. The lowest BCUT2D eigenvalue weighted by atomic mass is 10.3. The monoisotopic (exact) mass is 426 g/mol. The number of nitrogens with two attached hydrogens (primary N) is 1. The number of aromatic nitrogens is 1. The van der Waals surface area contributed by atoms with Gasteiger partial charge in [0, 0.05) is 26.2 Å². The van der Waals surface area contributed by atoms with Crippen molar-refractivity contribution in [2.75, 3.05) is 45.1 Å². The van der Waals surface area contributed by atoms with Crippen LogP contribution in [0.25, 0.3) is 0 Å². The standard InChI is InChI=1S/C13H17Cl3N6O2S/c14-7-9(17)8(15)11(16)19-10(7)12(23)20-21-13(25)18-1-2-22-3-5-24-6-4-22/h1-6H2,(H2,17,19)(H,20,23)(H2,18,21,25). The predicted molar refractivity (Wildman–Crippen MR) is 102 cm³/mol. The van der Waals surface area contributed by atoms with Crippen molar-refractivity contribution in [3.8, 4) is 0 Å². The summed E-state index contributed by atoms with van der Waals surface area (Å²) in [5.41, 5.74) is 10.4. The maximum absolute atomic E-state index is 12.1. The van der Waals surface area contributed by atoms with Crippen LogP contribution in [-0.2, 0) is 4.74 Å². The summed E-state index contributed by atoms with van der Waals surface area (Å²) in [6, 6.07) is 0. The van der Waals surface area contributed by atoms with Crippen LogP contribution >= 0.6 is 47.0 Å². The summed E-state index contributed by atoms with van der Waals surface area (Å²) < 4.78 is 5.28. The van der Waals surface area contributed by atoms with Gasteiger partial charge in [-0.1, -0.05) is 34.8 Å². The normalized spacial score (nSPS) is 14.8. The van der Waals surface area contributed by atoms with Crippen molar-refractivity contribution in [2.24, 2.45) is 0 Å². The van der Waals surface area contributed by atoms with E-state index >= 15 is 0 Å². The van der Waals surface area contributed by atoms with E-state index in [0.717, 1.165) is 32.8 Å². The van der Waals surface area contributed by atoms with Crippen molar-refractivity contribution in [2.45, 2.75) is 0 Å². The third-order valence-electron chi connectivity index (χ3n) is 3.39. The minimum absolute atomic E-state index is 0.00326. The molecule has 138 valence electrons. The third kappa shape index (κ3) is 5.70. The van der Waals surface area contributed by atoms with Crippen LogP contribution in [0.2, 0.25) is 15.2 Å². The van der Waals surface area contributed by atoms with E-state index in [1.807, 2.05) is 0 Å². The van der Waals surface area contributed by atoms with Crippen molar-refractivity contribution in [1.82, 2.24) is 26.1 Å². The molecule has 1 fully saturated rings. The number of morpholine rings is 1. The number of hydrazine groups is 1. The van der Waals surface area contributed by atoms with Crippen molar-refractivity contribution in [1.29, 1.82) is 0 Å². The van der Waals surface area contributed by atoms with Crippen LogP contribution < -0.4 is 21.9 Å². The van der Waals surface area contributed by atoms with Crippen LogP contribution in [-0.4, -0.2) is 60.3 Å². The Bertz CT molecular complexity index is 657. The zero-order valence-electron chi connectivity index (χ0n) is 13.1. The number of anilines is 1. The van der Waals surface area contributed by atoms with Crippen LogP contribution in [0.3, 0.4) is 0 Å². The number of carbonyl (C=O) groups excluding carboxylic acids is 1. The number of thiocarbonyl (C=S) groups is 1. The number of amides is 1. The van der Waals surface area contributed by atoms with Crippen LogP contribution in [0.1, 0.15) is 10.5 Å². The predicted octanol–water partition coefficient (Wildman–Crippen LogP) is 1.07. The number of nitrogen functional groups attached to an aromatic ring is 1. The van der Waals surface area contributed by atoms with Crippen molar-refractivity contribution >= 4 is 63.7 Å². The molecule has 0 aliphatic carbocycles. The number of rotatable bonds is 4. The first kappa shape index (κ1) is 20.2. The molecule has 1 aliphatic heterocycles. The average molecular weight is 428 g/mol. The van der Waals surface area contributed by atoms with Crippen LogP contribution in [0, 0.1) is 0 Å². The Labute approximate surface area is 165 Å². The summed E-state index contributed by atoms with van der Waals surface area (Å²) in [4.78, 5) is 18.2. The molecule has 0 bridgehead atoms. The SMILES string of the molecule is Nc1c(Cl)c(Cl)nc(C(=O)NNC(=S)NCCN2CCOCC2)c1Cl. The summed E-state index contributed by atoms with van der Waals surface area (Å²) in [5, 5.41) is 3.04. The summed E-state index contributed by atoms with van der Waals surface area (Å²) in [6.07, 6.45) is 0. The Kier molecular flexibility index (Phi) is 7.73. The second kappa shape index (κ2) is 9.56. The zero-order valence-corrected chi connectivity index (χ0v) is 16.2. The molecule has 12 heteroatoms. The van der Waals surface area contributed by atoms with E-state index in [9.17, 15) is 4.79 Å². The molecule has 2 heterocycles. The topological polar surface area (TPSA) is 105 Å². The maximum atomic E-state index is 12.1. The molecule has 1 amide bonds. The molecule has 1 saturated heterocycles. The van der Waals surface area contributed by atoms with Crippen LogP contribution in [0.15, 0.2) is 0 Å². The molecule has 5 N–H and O–H groups in total. The molecule has 0 atom stereocenters. The van der Waals surface area contributed by atoms with E-state index in [4.69, 9.17) is 57.5 Å². The zero-order chi connectivity index (χ0) is 18.4. The lowest BCUT2D eigenvalue weighted by Crippen LogP contribution is -2.49. The largest absolute Gasteiger partial charge is 0.396 e. The van der Waals surface area contributed by atoms with Gasteiger partial charge in [0.25, 0.3) is 5.91 Å². The summed E-state index contributed by atoms with van der Waals surface area (Å²) in [5.74, 6) is -0.646. The number of pyridine rings is 1. The summed E-state index contributed by atoms with van der Waals surface area (Å²) >= 11 is 22.7. The van der Waals surface area contributed by atoms with E-state index < -0.39 is 5.91 Å². The summed E-state index contributed by atoms with van der Waals surface area (Å²) in [6.45, 7) is 4.69. The molecule has 1 aromatic rings. The van der Waals surface area contributed by atoms with Crippen LogP contribution in [0.4, 0.5) is 5.69 Å². The van der Waals surface area contributed by atoms with Gasteiger partial charge >= 0.3 is 0 Å². The van der Waals surface area contributed by atoms with Gasteiger partial charge in [0.2, 0.25) is 0 Å². The first-order chi connectivity index (χ1) is 11.9. The van der Waals surface area contributed by atoms with E-state index in [1.54, 1.807) is 0 Å². The number of ether oxygens (including phenoxy) is 1. The van der Waals surface area contributed by atoms with Crippen molar-refractivity contribution in [3.63, 3.8) is 0 Å². The molecule has 1 aliphatic rings. The number of nitrogens with one attached hydrogen (secondary N) is 3. The Morgan fingerprint density at radius 2 is 1.92 bits per heavy atom. The van der Waals surface area contributed by atoms with Gasteiger partial charge in [0.15, 0.2) is 16.0 Å². The van der Waals surface area contributed by atoms with Gasteiger partial charge in [-0.2, -0.15) is 0 Å². The van der Waals surface area contributed by atoms with Gasteiger partial charge < -0.3 is 15.8 Å². The number of nitrogens with zero attached hydrogens (tertiary/aromatic N) is 2. The quantitative estimate of drug-likeness (QED) is 0.321. The maximum Gasteiger partial charge on any atom is 0.289 e. The fourth-order valence-corrected chi connectivity index (χ4v) is 2.80. The number of halogens is 3. The van der Waals surface area contributed by atoms with Gasteiger partial charge in [0.1, 0.15) is 5.02 Å². The van der Waals surface area contributed by atoms with E-state index in [0.29, 0.717) is 6.54 Å².